The highest BCUT2D eigenvalue weighted by molar-refractivity contribution is 5.76. The molecule has 3 rings (SSSR count). The smallest absolute Gasteiger partial charge is 0.314 e. The quantitative estimate of drug-likeness (QED) is 0.359. The number of benzene rings is 2. The van der Waals surface area contributed by atoms with Gasteiger partial charge in [-0.2, -0.15) is 0 Å². The topological polar surface area (TPSA) is 72.7 Å². The van der Waals surface area contributed by atoms with Crippen molar-refractivity contribution < 1.29 is 14.5 Å². The summed E-state index contributed by atoms with van der Waals surface area (Å²) in [6.07, 6.45) is 1.24. The molecule has 0 bridgehead atoms. The lowest BCUT2D eigenvalue weighted by Gasteiger charge is -2.32. The van der Waals surface area contributed by atoms with Gasteiger partial charge in [-0.3, -0.25) is 14.9 Å². The molecule has 0 saturated carbocycles. The van der Waals surface area contributed by atoms with Gasteiger partial charge >= 0.3 is 5.97 Å². The number of nitro groups is 1. The molecule has 26 heavy (non-hydrogen) atoms. The molecule has 6 heteroatoms. The zero-order valence-corrected chi connectivity index (χ0v) is 15.0. The van der Waals surface area contributed by atoms with E-state index in [1.165, 1.54) is 6.07 Å². The molecule has 0 spiro atoms. The van der Waals surface area contributed by atoms with Gasteiger partial charge in [0.25, 0.3) is 5.69 Å². The molecule has 2 aromatic rings. The van der Waals surface area contributed by atoms with Gasteiger partial charge < -0.3 is 9.64 Å². The number of carbonyl (C=O) groups excluding carboxylic acids is 1. The van der Waals surface area contributed by atoms with E-state index < -0.39 is 0 Å². The minimum absolute atomic E-state index is 0.101. The van der Waals surface area contributed by atoms with Crippen LogP contribution in [0.25, 0.3) is 0 Å². The van der Waals surface area contributed by atoms with Gasteiger partial charge in [-0.05, 0) is 43.9 Å². The Bertz CT molecular complexity index is 806. The van der Waals surface area contributed by atoms with Crippen LogP contribution in [0.5, 0.6) is 5.75 Å². The average molecular weight is 354 g/mol. The summed E-state index contributed by atoms with van der Waals surface area (Å²) in [7, 11) is 0. The Morgan fingerprint density at radius 3 is 2.31 bits per heavy atom. The monoisotopic (exact) mass is 354 g/mol. The fraction of sp³-hybridized carbons (Fsp3) is 0.350. The maximum absolute atomic E-state index is 12.5. The largest absolute Gasteiger partial charge is 0.426 e. The molecule has 0 unspecified atom stereocenters. The number of hydrogen-bond donors (Lipinski definition) is 0. The Morgan fingerprint density at radius 2 is 1.69 bits per heavy atom. The third-order valence-corrected chi connectivity index (χ3v) is 4.86. The van der Waals surface area contributed by atoms with Crippen molar-refractivity contribution in [2.24, 2.45) is 5.92 Å². The van der Waals surface area contributed by atoms with Gasteiger partial charge in [0.2, 0.25) is 0 Å². The van der Waals surface area contributed by atoms with Crippen LogP contribution in [-0.2, 0) is 4.79 Å². The number of ether oxygens (including phenoxy) is 1. The number of piperidine rings is 1. The van der Waals surface area contributed by atoms with Gasteiger partial charge in [-0.15, -0.1) is 0 Å². The van der Waals surface area contributed by atoms with Crippen LogP contribution in [0.3, 0.4) is 0 Å². The molecule has 1 aliphatic heterocycles. The molecule has 1 heterocycles. The van der Waals surface area contributed by atoms with Crippen LogP contribution < -0.4 is 9.64 Å². The fourth-order valence-corrected chi connectivity index (χ4v) is 3.39. The summed E-state index contributed by atoms with van der Waals surface area (Å²) >= 11 is 0. The summed E-state index contributed by atoms with van der Waals surface area (Å²) < 4.78 is 5.65. The molecular weight excluding hydrogens is 332 g/mol. The fourth-order valence-electron chi connectivity index (χ4n) is 3.39. The summed E-state index contributed by atoms with van der Waals surface area (Å²) in [5, 5.41) is 11.2. The predicted molar refractivity (Wildman–Crippen MR) is 99.6 cm³/mol. The second-order valence-corrected chi connectivity index (χ2v) is 6.65. The van der Waals surface area contributed by atoms with Gasteiger partial charge in [0.15, 0.2) is 0 Å². The van der Waals surface area contributed by atoms with Crippen LogP contribution in [0, 0.1) is 29.9 Å². The Labute approximate surface area is 152 Å². The molecule has 0 atom stereocenters. The van der Waals surface area contributed by atoms with Gasteiger partial charge in [0.1, 0.15) is 11.4 Å². The molecule has 0 aliphatic carbocycles. The summed E-state index contributed by atoms with van der Waals surface area (Å²) in [6, 6.07) is 12.5. The van der Waals surface area contributed by atoms with E-state index in [0.29, 0.717) is 37.4 Å². The molecule has 136 valence electrons. The standard InChI is InChI=1S/C20H22N2O4/c1-14-6-5-7-15(2)19(14)26-20(23)16-10-12-21(13-11-16)17-8-3-4-9-18(17)22(24)25/h3-9,16H,10-13H2,1-2H3. The zero-order chi connectivity index (χ0) is 18.7. The zero-order valence-electron chi connectivity index (χ0n) is 15.0. The third-order valence-electron chi connectivity index (χ3n) is 4.86. The highest BCUT2D eigenvalue weighted by atomic mass is 16.6. The second kappa shape index (κ2) is 7.56. The maximum Gasteiger partial charge on any atom is 0.314 e. The summed E-state index contributed by atoms with van der Waals surface area (Å²) in [4.78, 5) is 25.4. The first-order valence-electron chi connectivity index (χ1n) is 8.73. The van der Waals surface area contributed by atoms with Gasteiger partial charge in [-0.25, -0.2) is 0 Å². The van der Waals surface area contributed by atoms with Gasteiger partial charge in [0.05, 0.1) is 10.8 Å². The van der Waals surface area contributed by atoms with Crippen molar-refractivity contribution in [2.75, 3.05) is 18.0 Å². The minimum Gasteiger partial charge on any atom is -0.426 e. The van der Waals surface area contributed by atoms with Crippen molar-refractivity contribution in [1.82, 2.24) is 0 Å². The molecule has 1 aliphatic rings. The lowest BCUT2D eigenvalue weighted by atomic mass is 9.96. The molecule has 1 fully saturated rings. The summed E-state index contributed by atoms with van der Waals surface area (Å²) in [5.74, 6) is 0.233. The SMILES string of the molecule is Cc1cccc(C)c1OC(=O)C1CCN(c2ccccc2[N+](=O)[O-])CC1. The van der Waals surface area contributed by atoms with E-state index in [9.17, 15) is 14.9 Å². The Hall–Kier alpha value is -2.89. The van der Waals surface area contributed by atoms with Crippen molar-refractivity contribution in [3.63, 3.8) is 0 Å². The molecule has 6 nitrogen and oxygen atoms in total. The van der Waals surface area contributed by atoms with Gasteiger partial charge in [0, 0.05) is 19.2 Å². The molecule has 2 aromatic carbocycles. The lowest BCUT2D eigenvalue weighted by Crippen LogP contribution is -2.38. The molecular formula is C20H22N2O4. The maximum atomic E-state index is 12.5. The number of nitro benzene ring substituents is 1. The number of hydrogen-bond acceptors (Lipinski definition) is 5. The second-order valence-electron chi connectivity index (χ2n) is 6.65. The Morgan fingerprint density at radius 1 is 1.08 bits per heavy atom. The molecule has 0 radical (unpaired) electrons. The van der Waals surface area contributed by atoms with Crippen molar-refractivity contribution in [3.05, 3.63) is 63.7 Å². The van der Waals surface area contributed by atoms with Gasteiger partial charge in [-0.1, -0.05) is 30.3 Å². The highest BCUT2D eigenvalue weighted by Gasteiger charge is 2.29. The molecule has 0 amide bonds. The molecule has 1 saturated heterocycles. The normalized spacial score (nSPS) is 14.9. The number of esters is 1. The van der Waals surface area contributed by atoms with E-state index in [0.717, 1.165) is 11.1 Å². The molecule has 0 aromatic heterocycles. The number of para-hydroxylation sites is 3. The van der Waals surface area contributed by atoms with E-state index >= 15 is 0 Å². The number of anilines is 1. The van der Waals surface area contributed by atoms with E-state index in [1.54, 1.807) is 18.2 Å². The van der Waals surface area contributed by atoms with Crippen LogP contribution in [0.2, 0.25) is 0 Å². The number of carbonyl (C=O) groups is 1. The lowest BCUT2D eigenvalue weighted by molar-refractivity contribution is -0.384. The number of aryl methyl sites for hydroxylation is 2. The van der Waals surface area contributed by atoms with E-state index in [2.05, 4.69) is 0 Å². The third kappa shape index (κ3) is 3.69. The van der Waals surface area contributed by atoms with Crippen LogP contribution in [0.4, 0.5) is 11.4 Å². The van der Waals surface area contributed by atoms with Crippen LogP contribution in [0.1, 0.15) is 24.0 Å². The number of rotatable bonds is 4. The van der Waals surface area contributed by atoms with Crippen molar-refractivity contribution >= 4 is 17.3 Å². The summed E-state index contributed by atoms with van der Waals surface area (Å²) in [5.41, 5.74) is 2.59. The van der Waals surface area contributed by atoms with Crippen molar-refractivity contribution in [3.8, 4) is 5.75 Å². The summed E-state index contributed by atoms with van der Waals surface area (Å²) in [6.45, 7) is 5.04. The first-order chi connectivity index (χ1) is 12.5. The molecule has 0 N–H and O–H groups in total. The van der Waals surface area contributed by atoms with E-state index in [1.807, 2.05) is 36.9 Å². The van der Waals surface area contributed by atoms with Crippen molar-refractivity contribution in [1.29, 1.82) is 0 Å². The predicted octanol–water partition coefficient (Wildman–Crippen LogP) is 4.03. The highest BCUT2D eigenvalue weighted by Crippen LogP contribution is 2.32. The minimum atomic E-state index is -0.364. The average Bonchev–Trinajstić information content (AvgIpc) is 2.65. The van der Waals surface area contributed by atoms with E-state index in [4.69, 9.17) is 4.74 Å². The Kier molecular flexibility index (Phi) is 5.21. The first-order valence-corrected chi connectivity index (χ1v) is 8.73. The van der Waals surface area contributed by atoms with Crippen molar-refractivity contribution in [2.45, 2.75) is 26.7 Å². The number of nitrogens with zero attached hydrogens (tertiary/aromatic N) is 2. The first kappa shape index (κ1) is 17.9. The van der Waals surface area contributed by atoms with Crippen LogP contribution in [-0.4, -0.2) is 24.0 Å². The van der Waals surface area contributed by atoms with Crippen LogP contribution >= 0.6 is 0 Å². The van der Waals surface area contributed by atoms with Crippen LogP contribution in [0.15, 0.2) is 42.5 Å². The Balaban J connectivity index is 1.65. The van der Waals surface area contributed by atoms with E-state index in [-0.39, 0.29) is 22.5 Å².